The minimum Gasteiger partial charge on any atom is -0.352 e. The fourth-order valence-corrected chi connectivity index (χ4v) is 3.87. The van der Waals surface area contributed by atoms with Crippen molar-refractivity contribution in [1.29, 1.82) is 0 Å². The first-order valence-corrected chi connectivity index (χ1v) is 8.87. The number of carbonyl (C=O) groups excluding carboxylic acids is 3. The number of hydrazine groups is 1. The summed E-state index contributed by atoms with van der Waals surface area (Å²) in [5.41, 5.74) is 11.1. The highest BCUT2D eigenvalue weighted by Crippen LogP contribution is 2.32. The molecule has 0 aliphatic heterocycles. The van der Waals surface area contributed by atoms with Gasteiger partial charge < -0.3 is 11.1 Å². The van der Waals surface area contributed by atoms with Crippen molar-refractivity contribution in [3.8, 4) is 0 Å². The molecule has 8 heteroatoms. The molecule has 1 aromatic rings. The van der Waals surface area contributed by atoms with Crippen LogP contribution in [0.2, 0.25) is 0 Å². The standard InChI is InChI=1S/C16H24N4O3S/c1-8(2)13(18-16(17)23)15(22)20-19-14(21)12-7-10-6-9(3)4-5-11(10)24-12/h7-9,13H,4-6H2,1-3H3,(H,19,21)(H,20,22)(H3,17,18,23)/t9-,13-/m0/s1. The van der Waals surface area contributed by atoms with Gasteiger partial charge in [0.2, 0.25) is 0 Å². The van der Waals surface area contributed by atoms with Crippen LogP contribution in [-0.2, 0) is 17.6 Å². The van der Waals surface area contributed by atoms with Crippen LogP contribution in [0.5, 0.6) is 0 Å². The van der Waals surface area contributed by atoms with Gasteiger partial charge in [0, 0.05) is 4.88 Å². The number of fused-ring (bicyclic) bond motifs is 1. The van der Waals surface area contributed by atoms with Crippen molar-refractivity contribution < 1.29 is 14.4 Å². The van der Waals surface area contributed by atoms with E-state index in [0.717, 1.165) is 19.3 Å². The van der Waals surface area contributed by atoms with E-state index in [4.69, 9.17) is 5.73 Å². The van der Waals surface area contributed by atoms with Gasteiger partial charge in [-0.2, -0.15) is 0 Å². The molecule has 0 saturated heterocycles. The summed E-state index contributed by atoms with van der Waals surface area (Å²) in [6.07, 6.45) is 3.13. The van der Waals surface area contributed by atoms with Gasteiger partial charge in [-0.25, -0.2) is 4.79 Å². The van der Waals surface area contributed by atoms with Crippen molar-refractivity contribution in [3.05, 3.63) is 21.4 Å². The molecule has 0 unspecified atom stereocenters. The van der Waals surface area contributed by atoms with E-state index < -0.39 is 18.0 Å². The fraction of sp³-hybridized carbons (Fsp3) is 0.562. The summed E-state index contributed by atoms with van der Waals surface area (Å²) in [5, 5.41) is 2.37. The maximum absolute atomic E-state index is 12.2. The molecule has 1 aliphatic carbocycles. The molecule has 5 N–H and O–H groups in total. The summed E-state index contributed by atoms with van der Waals surface area (Å²) in [5.74, 6) is -0.386. The Morgan fingerprint density at radius 2 is 2.00 bits per heavy atom. The number of hydrogen-bond donors (Lipinski definition) is 4. The normalized spacial score (nSPS) is 17.8. The Bertz CT molecular complexity index is 641. The van der Waals surface area contributed by atoms with E-state index in [2.05, 4.69) is 23.1 Å². The first kappa shape index (κ1) is 18.3. The van der Waals surface area contributed by atoms with E-state index in [1.165, 1.54) is 21.8 Å². The molecule has 0 bridgehead atoms. The summed E-state index contributed by atoms with van der Waals surface area (Å²) in [4.78, 5) is 37.1. The second-order valence-electron chi connectivity index (χ2n) is 6.58. The maximum Gasteiger partial charge on any atom is 0.312 e. The van der Waals surface area contributed by atoms with Crippen LogP contribution in [0, 0.1) is 11.8 Å². The van der Waals surface area contributed by atoms with Gasteiger partial charge >= 0.3 is 6.03 Å². The lowest BCUT2D eigenvalue weighted by Crippen LogP contribution is -2.55. The van der Waals surface area contributed by atoms with Gasteiger partial charge in [0.05, 0.1) is 4.88 Å². The zero-order valence-corrected chi connectivity index (χ0v) is 15.0. The zero-order chi connectivity index (χ0) is 17.9. The van der Waals surface area contributed by atoms with Crippen LogP contribution in [-0.4, -0.2) is 23.9 Å². The Morgan fingerprint density at radius 3 is 2.62 bits per heavy atom. The lowest BCUT2D eigenvalue weighted by atomic mass is 9.90. The van der Waals surface area contributed by atoms with Gasteiger partial charge in [-0.1, -0.05) is 20.8 Å². The van der Waals surface area contributed by atoms with Crippen LogP contribution in [0.4, 0.5) is 4.79 Å². The van der Waals surface area contributed by atoms with Crippen LogP contribution >= 0.6 is 11.3 Å². The van der Waals surface area contributed by atoms with Gasteiger partial charge in [-0.3, -0.25) is 20.4 Å². The highest BCUT2D eigenvalue weighted by molar-refractivity contribution is 7.14. The number of carbonyl (C=O) groups is 3. The Labute approximate surface area is 145 Å². The molecule has 24 heavy (non-hydrogen) atoms. The third kappa shape index (κ3) is 4.47. The highest BCUT2D eigenvalue weighted by Gasteiger charge is 2.25. The number of hydrogen-bond acceptors (Lipinski definition) is 4. The van der Waals surface area contributed by atoms with E-state index in [1.807, 2.05) is 6.07 Å². The number of thiophene rings is 1. The zero-order valence-electron chi connectivity index (χ0n) is 14.1. The van der Waals surface area contributed by atoms with Crippen molar-refractivity contribution in [1.82, 2.24) is 16.2 Å². The predicted molar refractivity (Wildman–Crippen MR) is 92.5 cm³/mol. The van der Waals surface area contributed by atoms with Crippen LogP contribution in [0.3, 0.4) is 0 Å². The molecule has 0 saturated carbocycles. The van der Waals surface area contributed by atoms with E-state index in [9.17, 15) is 14.4 Å². The summed E-state index contributed by atoms with van der Waals surface area (Å²) < 4.78 is 0. The monoisotopic (exact) mass is 352 g/mol. The number of rotatable bonds is 4. The number of amides is 4. The molecule has 0 radical (unpaired) electrons. The van der Waals surface area contributed by atoms with Crippen molar-refractivity contribution in [2.75, 3.05) is 0 Å². The average Bonchev–Trinajstić information content (AvgIpc) is 2.92. The van der Waals surface area contributed by atoms with Crippen LogP contribution in [0.25, 0.3) is 0 Å². The lowest BCUT2D eigenvalue weighted by molar-refractivity contribution is -0.124. The predicted octanol–water partition coefficient (Wildman–Crippen LogP) is 1.33. The highest BCUT2D eigenvalue weighted by atomic mass is 32.1. The SMILES string of the molecule is CC(C)[C@H](NC(N)=O)C(=O)NNC(=O)c1cc2c(s1)CC[C@H](C)C2. The smallest absolute Gasteiger partial charge is 0.312 e. The third-order valence-electron chi connectivity index (χ3n) is 4.10. The third-order valence-corrected chi connectivity index (χ3v) is 5.34. The summed E-state index contributed by atoms with van der Waals surface area (Å²) >= 11 is 1.47. The van der Waals surface area contributed by atoms with Gasteiger partial charge in [-0.05, 0) is 42.7 Å². The molecule has 4 amide bonds. The summed E-state index contributed by atoms with van der Waals surface area (Å²) in [6, 6.07) is 0.314. The summed E-state index contributed by atoms with van der Waals surface area (Å²) in [6.45, 7) is 5.76. The molecular formula is C16H24N4O3S. The number of urea groups is 1. The molecule has 0 aromatic carbocycles. The van der Waals surface area contributed by atoms with Crippen molar-refractivity contribution >= 4 is 29.2 Å². The average molecular weight is 352 g/mol. The second-order valence-corrected chi connectivity index (χ2v) is 7.72. The number of primary amides is 1. The molecule has 2 rings (SSSR count). The molecular weight excluding hydrogens is 328 g/mol. The van der Waals surface area contributed by atoms with E-state index in [0.29, 0.717) is 10.8 Å². The molecule has 1 aromatic heterocycles. The first-order valence-electron chi connectivity index (χ1n) is 8.05. The fourth-order valence-electron chi connectivity index (χ4n) is 2.76. The Kier molecular flexibility index (Phi) is 5.82. The van der Waals surface area contributed by atoms with E-state index >= 15 is 0 Å². The van der Waals surface area contributed by atoms with Crippen molar-refractivity contribution in [3.63, 3.8) is 0 Å². The minimum atomic E-state index is -0.805. The Morgan fingerprint density at radius 1 is 1.29 bits per heavy atom. The quantitative estimate of drug-likeness (QED) is 0.613. The van der Waals surface area contributed by atoms with Crippen molar-refractivity contribution in [2.24, 2.45) is 17.6 Å². The Hall–Kier alpha value is -2.09. The molecule has 132 valence electrons. The second kappa shape index (κ2) is 7.65. The molecule has 2 atom stereocenters. The first-order chi connectivity index (χ1) is 11.3. The van der Waals surface area contributed by atoms with Gasteiger partial charge in [0.25, 0.3) is 11.8 Å². The molecule has 1 aliphatic rings. The molecule has 7 nitrogen and oxygen atoms in total. The summed E-state index contributed by atoms with van der Waals surface area (Å²) in [7, 11) is 0. The molecule has 1 heterocycles. The number of nitrogens with two attached hydrogens (primary N) is 1. The van der Waals surface area contributed by atoms with Crippen LogP contribution in [0.15, 0.2) is 6.07 Å². The molecule has 0 spiro atoms. The number of nitrogens with one attached hydrogen (secondary N) is 3. The maximum atomic E-state index is 12.2. The van der Waals surface area contributed by atoms with Crippen LogP contribution < -0.4 is 21.9 Å². The van der Waals surface area contributed by atoms with Crippen molar-refractivity contribution in [2.45, 2.75) is 46.1 Å². The van der Waals surface area contributed by atoms with Gasteiger partial charge in [0.1, 0.15) is 6.04 Å². The van der Waals surface area contributed by atoms with Gasteiger partial charge in [0.15, 0.2) is 0 Å². The van der Waals surface area contributed by atoms with Gasteiger partial charge in [-0.15, -0.1) is 11.3 Å². The largest absolute Gasteiger partial charge is 0.352 e. The molecule has 0 fully saturated rings. The van der Waals surface area contributed by atoms with E-state index in [1.54, 1.807) is 13.8 Å². The topological polar surface area (TPSA) is 113 Å². The lowest BCUT2D eigenvalue weighted by Gasteiger charge is -2.20. The van der Waals surface area contributed by atoms with Crippen LogP contribution in [0.1, 0.15) is 47.3 Å². The Balaban J connectivity index is 1.95. The number of aryl methyl sites for hydroxylation is 1. The van der Waals surface area contributed by atoms with E-state index in [-0.39, 0.29) is 11.8 Å². The minimum absolute atomic E-state index is 0.162.